The summed E-state index contributed by atoms with van der Waals surface area (Å²) in [5.74, 6) is 0.700. The standard InChI is InChI=1S/C27H25FN4O3/c28-20-5-7-21(8-6-20)30-27(34)31-14-17-11-19(16-31)26-23(9-10-25(33)32(26)15-17)29-13-22-12-18-3-1-2-4-24(18)35-22/h1-10,12,17,19,29H,11,13-16H2,(H,30,34)/t17-,19-/m0/s1. The van der Waals surface area contributed by atoms with Crippen LogP contribution in [0.1, 0.15) is 23.8 Å². The number of halogens is 1. The number of fused-ring (bicyclic) bond motifs is 5. The third-order valence-electron chi connectivity index (χ3n) is 6.90. The van der Waals surface area contributed by atoms with E-state index in [0.717, 1.165) is 34.5 Å². The molecule has 2 aliphatic rings. The van der Waals surface area contributed by atoms with Crippen LogP contribution in [0.15, 0.2) is 75.9 Å². The van der Waals surface area contributed by atoms with E-state index in [9.17, 15) is 14.0 Å². The number of para-hydroxylation sites is 1. The summed E-state index contributed by atoms with van der Waals surface area (Å²) in [5.41, 5.74) is 3.19. The highest BCUT2D eigenvalue weighted by Gasteiger charge is 2.37. The van der Waals surface area contributed by atoms with Crippen LogP contribution in [0, 0.1) is 11.7 Å². The molecule has 7 nitrogen and oxygen atoms in total. The van der Waals surface area contributed by atoms with Gasteiger partial charge >= 0.3 is 6.03 Å². The lowest BCUT2D eigenvalue weighted by Gasteiger charge is -2.43. The molecule has 0 unspecified atom stereocenters. The van der Waals surface area contributed by atoms with Crippen molar-refractivity contribution in [3.05, 3.63) is 94.4 Å². The SMILES string of the molecule is O=C(Nc1ccc(F)cc1)N1C[C@@H]2C[C@@H](C1)c1c(NCc3cc4ccccc4o3)ccc(=O)n1C2. The van der Waals surface area contributed by atoms with E-state index < -0.39 is 0 Å². The number of benzene rings is 2. The Hall–Kier alpha value is -4.07. The molecule has 2 N–H and O–H groups in total. The molecule has 1 saturated heterocycles. The minimum atomic E-state index is -0.347. The second-order valence-electron chi connectivity index (χ2n) is 9.33. The predicted molar refractivity (Wildman–Crippen MR) is 132 cm³/mol. The first-order valence-electron chi connectivity index (χ1n) is 11.8. The smallest absolute Gasteiger partial charge is 0.321 e. The maximum Gasteiger partial charge on any atom is 0.321 e. The second kappa shape index (κ2) is 8.61. The van der Waals surface area contributed by atoms with Gasteiger partial charge in [0.05, 0.1) is 12.2 Å². The zero-order valence-corrected chi connectivity index (χ0v) is 19.0. The van der Waals surface area contributed by atoms with Crippen LogP contribution in [-0.2, 0) is 13.1 Å². The Morgan fingerprint density at radius 3 is 2.69 bits per heavy atom. The van der Waals surface area contributed by atoms with Crippen molar-refractivity contribution in [2.75, 3.05) is 23.7 Å². The van der Waals surface area contributed by atoms with Crippen LogP contribution in [-0.4, -0.2) is 28.6 Å². The largest absolute Gasteiger partial charge is 0.459 e. The highest BCUT2D eigenvalue weighted by atomic mass is 19.1. The number of carbonyl (C=O) groups is 1. The van der Waals surface area contributed by atoms with Gasteiger partial charge in [-0.3, -0.25) is 4.79 Å². The monoisotopic (exact) mass is 472 g/mol. The molecule has 2 aromatic carbocycles. The number of nitrogens with zero attached hydrogens (tertiary/aromatic N) is 2. The van der Waals surface area contributed by atoms with Crippen LogP contribution in [0.5, 0.6) is 0 Å². The van der Waals surface area contributed by atoms with E-state index in [1.165, 1.54) is 12.1 Å². The number of aromatic nitrogens is 1. The highest BCUT2D eigenvalue weighted by molar-refractivity contribution is 5.89. The Morgan fingerprint density at radius 1 is 1.03 bits per heavy atom. The normalized spacial score (nSPS) is 18.8. The number of piperidine rings is 1. The molecule has 1 fully saturated rings. The highest BCUT2D eigenvalue weighted by Crippen LogP contribution is 2.39. The van der Waals surface area contributed by atoms with Gasteiger partial charge < -0.3 is 24.5 Å². The maximum absolute atomic E-state index is 13.2. The summed E-state index contributed by atoms with van der Waals surface area (Å²) in [7, 11) is 0. The van der Waals surface area contributed by atoms with Gasteiger partial charge in [0.2, 0.25) is 0 Å². The molecular weight excluding hydrogens is 447 g/mol. The number of carbonyl (C=O) groups excluding carboxylic acids is 1. The number of rotatable bonds is 4. The molecule has 2 bridgehead atoms. The number of hydrogen-bond donors (Lipinski definition) is 2. The lowest BCUT2D eigenvalue weighted by atomic mass is 9.82. The Bertz CT molecular complexity index is 1430. The molecule has 2 amide bonds. The van der Waals surface area contributed by atoms with Crippen molar-refractivity contribution in [1.29, 1.82) is 0 Å². The first kappa shape index (κ1) is 21.5. The van der Waals surface area contributed by atoms with E-state index in [1.807, 2.05) is 41.0 Å². The molecule has 0 aliphatic carbocycles. The summed E-state index contributed by atoms with van der Waals surface area (Å²) in [6.07, 6.45) is 0.920. The molecule has 35 heavy (non-hydrogen) atoms. The van der Waals surface area contributed by atoms with Crippen LogP contribution in [0.25, 0.3) is 11.0 Å². The second-order valence-corrected chi connectivity index (χ2v) is 9.33. The van der Waals surface area contributed by atoms with Crippen LogP contribution >= 0.6 is 0 Å². The quantitative estimate of drug-likeness (QED) is 0.438. The first-order valence-corrected chi connectivity index (χ1v) is 11.8. The fourth-order valence-corrected chi connectivity index (χ4v) is 5.37. The third kappa shape index (κ3) is 4.16. The maximum atomic E-state index is 13.2. The Balaban J connectivity index is 1.23. The van der Waals surface area contributed by atoms with E-state index >= 15 is 0 Å². The van der Waals surface area contributed by atoms with Crippen molar-refractivity contribution in [3.63, 3.8) is 0 Å². The van der Waals surface area contributed by atoms with E-state index in [-0.39, 0.29) is 29.2 Å². The summed E-state index contributed by atoms with van der Waals surface area (Å²) in [4.78, 5) is 27.5. The molecule has 2 atom stereocenters. The average Bonchev–Trinajstić information content (AvgIpc) is 3.28. The van der Waals surface area contributed by atoms with E-state index in [0.29, 0.717) is 31.9 Å². The molecule has 178 valence electrons. The fraction of sp³-hybridized carbons (Fsp3) is 0.259. The fourth-order valence-electron chi connectivity index (χ4n) is 5.37. The number of hydrogen-bond acceptors (Lipinski definition) is 4. The van der Waals surface area contributed by atoms with Crippen LogP contribution in [0.2, 0.25) is 0 Å². The van der Waals surface area contributed by atoms with Crippen molar-refractivity contribution in [2.24, 2.45) is 5.92 Å². The van der Waals surface area contributed by atoms with Crippen LogP contribution < -0.4 is 16.2 Å². The predicted octanol–water partition coefficient (Wildman–Crippen LogP) is 5.00. The number of amides is 2. The van der Waals surface area contributed by atoms with Gasteiger partial charge in [0.15, 0.2) is 0 Å². The van der Waals surface area contributed by atoms with Gasteiger partial charge in [-0.15, -0.1) is 0 Å². The van der Waals surface area contributed by atoms with Gasteiger partial charge in [-0.2, -0.15) is 0 Å². The molecule has 4 heterocycles. The van der Waals surface area contributed by atoms with E-state index in [2.05, 4.69) is 10.6 Å². The van der Waals surface area contributed by atoms with E-state index in [4.69, 9.17) is 4.42 Å². The summed E-state index contributed by atoms with van der Waals surface area (Å²) in [6.45, 7) is 2.15. The zero-order chi connectivity index (χ0) is 23.9. The lowest BCUT2D eigenvalue weighted by molar-refractivity contribution is 0.140. The zero-order valence-electron chi connectivity index (χ0n) is 19.0. The van der Waals surface area contributed by atoms with Crippen molar-refractivity contribution in [2.45, 2.75) is 25.4 Å². The summed E-state index contributed by atoms with van der Waals surface area (Å²) >= 11 is 0. The number of nitrogens with one attached hydrogen (secondary N) is 2. The summed E-state index contributed by atoms with van der Waals surface area (Å²) in [6, 6.07) is 18.9. The molecule has 4 aromatic rings. The summed E-state index contributed by atoms with van der Waals surface area (Å²) < 4.78 is 21.0. The van der Waals surface area contributed by atoms with Crippen LogP contribution in [0.3, 0.4) is 0 Å². The van der Waals surface area contributed by atoms with Gasteiger partial charge in [0.25, 0.3) is 5.56 Å². The minimum Gasteiger partial charge on any atom is -0.459 e. The van der Waals surface area contributed by atoms with Crippen molar-refractivity contribution in [1.82, 2.24) is 9.47 Å². The van der Waals surface area contributed by atoms with Crippen molar-refractivity contribution < 1.29 is 13.6 Å². The molecule has 8 heteroatoms. The lowest BCUT2D eigenvalue weighted by Crippen LogP contribution is -2.50. The molecular formula is C27H25FN4O3. The number of furan rings is 1. The van der Waals surface area contributed by atoms with Gasteiger partial charge in [-0.25, -0.2) is 9.18 Å². The van der Waals surface area contributed by atoms with Gasteiger partial charge in [0.1, 0.15) is 17.2 Å². The molecule has 6 rings (SSSR count). The Morgan fingerprint density at radius 2 is 1.86 bits per heavy atom. The van der Waals surface area contributed by atoms with Gasteiger partial charge in [-0.05, 0) is 54.8 Å². The number of anilines is 2. The summed E-state index contributed by atoms with van der Waals surface area (Å²) in [5, 5.41) is 7.37. The van der Waals surface area contributed by atoms with Crippen molar-refractivity contribution >= 4 is 28.4 Å². The average molecular weight is 473 g/mol. The molecule has 0 spiro atoms. The number of likely N-dealkylation sites (tertiary alicyclic amines) is 1. The topological polar surface area (TPSA) is 79.5 Å². The van der Waals surface area contributed by atoms with Crippen LogP contribution in [0.4, 0.5) is 20.6 Å². The molecule has 2 aromatic heterocycles. The minimum absolute atomic E-state index is 0.0202. The number of urea groups is 1. The molecule has 2 aliphatic heterocycles. The molecule has 0 saturated carbocycles. The third-order valence-corrected chi connectivity index (χ3v) is 6.90. The van der Waals surface area contributed by atoms with Gasteiger partial charge in [0, 0.05) is 48.4 Å². The molecule has 0 radical (unpaired) electrons. The van der Waals surface area contributed by atoms with E-state index in [1.54, 1.807) is 23.1 Å². The van der Waals surface area contributed by atoms with Crippen molar-refractivity contribution in [3.8, 4) is 0 Å². The van der Waals surface area contributed by atoms with Gasteiger partial charge in [-0.1, -0.05) is 18.2 Å². The number of pyridine rings is 1. The Kier molecular flexibility index (Phi) is 5.28. The first-order chi connectivity index (χ1) is 17.0. The Labute approximate surface area is 201 Å².